The van der Waals surface area contributed by atoms with E-state index in [0.717, 1.165) is 6.42 Å². The van der Waals surface area contributed by atoms with Crippen molar-refractivity contribution >= 4 is 11.8 Å². The predicted molar refractivity (Wildman–Crippen MR) is 68.4 cm³/mol. The molecule has 0 aliphatic heterocycles. The van der Waals surface area contributed by atoms with Crippen LogP contribution in [0.3, 0.4) is 0 Å². The molecule has 0 aliphatic carbocycles. The summed E-state index contributed by atoms with van der Waals surface area (Å²) < 4.78 is 0. The highest BCUT2D eigenvalue weighted by Crippen LogP contribution is 2.21. The van der Waals surface area contributed by atoms with E-state index in [1.165, 1.54) is 4.90 Å². The number of hydrogen-bond donors (Lipinski definition) is 2. The molecule has 0 bridgehead atoms. The molecular formula is C12H25N3O2. The van der Waals surface area contributed by atoms with Gasteiger partial charge in [0.1, 0.15) is 0 Å². The van der Waals surface area contributed by atoms with E-state index in [0.29, 0.717) is 0 Å². The van der Waals surface area contributed by atoms with E-state index in [9.17, 15) is 9.59 Å². The number of amides is 2. The second-order valence-electron chi connectivity index (χ2n) is 5.65. The van der Waals surface area contributed by atoms with Gasteiger partial charge in [0.2, 0.25) is 11.8 Å². The quantitative estimate of drug-likeness (QED) is 0.731. The average Bonchev–Trinajstić information content (AvgIpc) is 2.14. The van der Waals surface area contributed by atoms with Crippen molar-refractivity contribution in [2.45, 2.75) is 39.7 Å². The van der Waals surface area contributed by atoms with E-state index in [4.69, 9.17) is 5.73 Å². The molecule has 3 N–H and O–H groups in total. The summed E-state index contributed by atoms with van der Waals surface area (Å²) in [7, 11) is 3.16. The topological polar surface area (TPSA) is 75.4 Å². The molecule has 5 heteroatoms. The Labute approximate surface area is 104 Å². The van der Waals surface area contributed by atoms with Crippen LogP contribution in [-0.2, 0) is 9.59 Å². The Morgan fingerprint density at radius 1 is 1.35 bits per heavy atom. The van der Waals surface area contributed by atoms with Crippen molar-refractivity contribution in [3.05, 3.63) is 0 Å². The van der Waals surface area contributed by atoms with Gasteiger partial charge in [-0.1, -0.05) is 20.8 Å². The van der Waals surface area contributed by atoms with E-state index < -0.39 is 0 Å². The zero-order chi connectivity index (χ0) is 13.6. The zero-order valence-corrected chi connectivity index (χ0v) is 11.5. The van der Waals surface area contributed by atoms with Gasteiger partial charge in [0.15, 0.2) is 0 Å². The van der Waals surface area contributed by atoms with Crippen LogP contribution in [0.15, 0.2) is 0 Å². The van der Waals surface area contributed by atoms with Gasteiger partial charge in [-0.2, -0.15) is 0 Å². The molecule has 0 aromatic carbocycles. The Morgan fingerprint density at radius 3 is 2.29 bits per heavy atom. The summed E-state index contributed by atoms with van der Waals surface area (Å²) in [6, 6.07) is -0.158. The number of nitrogens with two attached hydrogens (primary N) is 1. The van der Waals surface area contributed by atoms with Crippen molar-refractivity contribution in [2.75, 3.05) is 20.6 Å². The highest BCUT2D eigenvalue weighted by atomic mass is 16.2. The van der Waals surface area contributed by atoms with Crippen molar-refractivity contribution in [2.24, 2.45) is 11.1 Å². The maximum atomic E-state index is 11.8. The van der Waals surface area contributed by atoms with Gasteiger partial charge in [-0.15, -0.1) is 0 Å². The minimum atomic E-state index is -0.176. The van der Waals surface area contributed by atoms with Crippen LogP contribution < -0.4 is 11.1 Å². The summed E-state index contributed by atoms with van der Waals surface area (Å²) in [5.41, 5.74) is 6.02. The van der Waals surface area contributed by atoms with Gasteiger partial charge < -0.3 is 16.0 Å². The van der Waals surface area contributed by atoms with Crippen LogP contribution in [0, 0.1) is 5.41 Å². The van der Waals surface area contributed by atoms with Crippen LogP contribution in [0.4, 0.5) is 0 Å². The summed E-state index contributed by atoms with van der Waals surface area (Å²) in [6.45, 7) is 6.35. The van der Waals surface area contributed by atoms with Crippen LogP contribution >= 0.6 is 0 Å². The largest absolute Gasteiger partial charge is 0.358 e. The average molecular weight is 243 g/mol. The molecule has 0 fully saturated rings. The SMILES string of the molecule is CNC(=O)CN(C)C(=O)CC(N)CC(C)(C)C. The fourth-order valence-corrected chi connectivity index (χ4v) is 1.62. The molecule has 1 unspecified atom stereocenters. The van der Waals surface area contributed by atoms with E-state index in [2.05, 4.69) is 26.1 Å². The third-order valence-corrected chi connectivity index (χ3v) is 2.40. The molecule has 0 aromatic rings. The lowest BCUT2D eigenvalue weighted by Crippen LogP contribution is -2.40. The fraction of sp³-hybridized carbons (Fsp3) is 0.833. The zero-order valence-electron chi connectivity index (χ0n) is 11.5. The normalized spacial score (nSPS) is 13.1. The number of nitrogens with one attached hydrogen (secondary N) is 1. The number of rotatable bonds is 5. The van der Waals surface area contributed by atoms with Gasteiger partial charge in [-0.25, -0.2) is 0 Å². The first-order valence-corrected chi connectivity index (χ1v) is 5.86. The Hall–Kier alpha value is -1.10. The number of likely N-dealkylation sites (N-methyl/N-ethyl adjacent to an activating group) is 2. The Bertz CT molecular complexity index is 271. The third-order valence-electron chi connectivity index (χ3n) is 2.40. The second kappa shape index (κ2) is 6.59. The summed E-state index contributed by atoms with van der Waals surface area (Å²) in [4.78, 5) is 24.3. The Kier molecular flexibility index (Phi) is 6.16. The molecule has 0 saturated carbocycles. The van der Waals surface area contributed by atoms with Crippen LogP contribution in [0.25, 0.3) is 0 Å². The van der Waals surface area contributed by atoms with E-state index in [-0.39, 0.29) is 36.2 Å². The standard InChI is InChI=1S/C12H25N3O2/c1-12(2,3)7-9(13)6-11(17)15(5)8-10(16)14-4/h9H,6-8,13H2,1-5H3,(H,14,16). The molecule has 0 spiro atoms. The maximum absolute atomic E-state index is 11.8. The molecule has 1 atom stereocenters. The van der Waals surface area contributed by atoms with Crippen LogP contribution in [0.2, 0.25) is 0 Å². The minimum Gasteiger partial charge on any atom is -0.358 e. The van der Waals surface area contributed by atoms with Gasteiger partial charge in [0.25, 0.3) is 0 Å². The molecular weight excluding hydrogens is 218 g/mol. The first-order chi connectivity index (χ1) is 7.65. The van der Waals surface area contributed by atoms with Crippen molar-refractivity contribution in [1.82, 2.24) is 10.2 Å². The number of nitrogens with zero attached hydrogens (tertiary/aromatic N) is 1. The van der Waals surface area contributed by atoms with Crippen LogP contribution in [-0.4, -0.2) is 43.4 Å². The summed E-state index contributed by atoms with van der Waals surface area (Å²) in [6.07, 6.45) is 1.07. The number of hydrogen-bond acceptors (Lipinski definition) is 3. The van der Waals surface area contributed by atoms with E-state index in [1.54, 1.807) is 14.1 Å². The van der Waals surface area contributed by atoms with Gasteiger partial charge in [0, 0.05) is 26.6 Å². The minimum absolute atomic E-state index is 0.0809. The molecule has 17 heavy (non-hydrogen) atoms. The number of carbonyl (C=O) groups excluding carboxylic acids is 2. The molecule has 0 aliphatic rings. The number of carbonyl (C=O) groups is 2. The smallest absolute Gasteiger partial charge is 0.239 e. The first kappa shape index (κ1) is 15.9. The summed E-state index contributed by atoms with van der Waals surface area (Å²) in [5, 5.41) is 2.48. The molecule has 2 amide bonds. The molecule has 0 radical (unpaired) electrons. The molecule has 0 saturated heterocycles. The van der Waals surface area contributed by atoms with Crippen molar-refractivity contribution in [3.8, 4) is 0 Å². The lowest BCUT2D eigenvalue weighted by atomic mass is 9.87. The molecule has 0 aromatic heterocycles. The van der Waals surface area contributed by atoms with Crippen molar-refractivity contribution < 1.29 is 9.59 Å². The van der Waals surface area contributed by atoms with Crippen LogP contribution in [0.5, 0.6) is 0 Å². The highest BCUT2D eigenvalue weighted by Gasteiger charge is 2.20. The Morgan fingerprint density at radius 2 is 1.88 bits per heavy atom. The van der Waals surface area contributed by atoms with Gasteiger partial charge in [-0.05, 0) is 11.8 Å². The Balaban J connectivity index is 4.12. The predicted octanol–water partition coefficient (Wildman–Crippen LogP) is 0.344. The van der Waals surface area contributed by atoms with Gasteiger partial charge >= 0.3 is 0 Å². The molecule has 0 heterocycles. The highest BCUT2D eigenvalue weighted by molar-refractivity contribution is 5.84. The fourth-order valence-electron chi connectivity index (χ4n) is 1.62. The van der Waals surface area contributed by atoms with Gasteiger partial charge in [0.05, 0.1) is 6.54 Å². The lowest BCUT2D eigenvalue weighted by Gasteiger charge is -2.24. The lowest BCUT2D eigenvalue weighted by molar-refractivity contribution is -0.134. The summed E-state index contributed by atoms with van der Waals surface area (Å²) >= 11 is 0. The van der Waals surface area contributed by atoms with Gasteiger partial charge in [-0.3, -0.25) is 9.59 Å². The third kappa shape index (κ3) is 7.74. The first-order valence-electron chi connectivity index (χ1n) is 5.86. The van der Waals surface area contributed by atoms with E-state index >= 15 is 0 Å². The molecule has 5 nitrogen and oxygen atoms in total. The second-order valence-corrected chi connectivity index (χ2v) is 5.65. The maximum Gasteiger partial charge on any atom is 0.239 e. The molecule has 100 valence electrons. The van der Waals surface area contributed by atoms with E-state index in [1.807, 2.05) is 0 Å². The van der Waals surface area contributed by atoms with Crippen molar-refractivity contribution in [3.63, 3.8) is 0 Å². The van der Waals surface area contributed by atoms with Crippen LogP contribution in [0.1, 0.15) is 33.6 Å². The monoisotopic (exact) mass is 243 g/mol. The summed E-state index contributed by atoms with van der Waals surface area (Å²) in [5.74, 6) is -0.268. The van der Waals surface area contributed by atoms with Crippen molar-refractivity contribution in [1.29, 1.82) is 0 Å². The molecule has 0 rings (SSSR count).